The summed E-state index contributed by atoms with van der Waals surface area (Å²) in [5.41, 5.74) is -0.956. The summed E-state index contributed by atoms with van der Waals surface area (Å²) in [6.45, 7) is 8.27. The lowest BCUT2D eigenvalue weighted by atomic mass is 9.93. The van der Waals surface area contributed by atoms with E-state index in [0.29, 0.717) is 6.42 Å². The van der Waals surface area contributed by atoms with E-state index in [1.807, 2.05) is 35.6 Å². The van der Waals surface area contributed by atoms with Crippen LogP contribution in [-0.2, 0) is 14.0 Å². The van der Waals surface area contributed by atoms with Gasteiger partial charge in [-0.05, 0) is 35.2 Å². The van der Waals surface area contributed by atoms with Crippen LogP contribution in [0.4, 0.5) is 0 Å². The van der Waals surface area contributed by atoms with Crippen molar-refractivity contribution in [3.63, 3.8) is 0 Å². The minimum atomic E-state index is -2.02. The van der Waals surface area contributed by atoms with Crippen LogP contribution in [0, 0.1) is 0 Å². The molecule has 0 spiro atoms. The van der Waals surface area contributed by atoms with Crippen LogP contribution in [-0.4, -0.2) is 48.4 Å². The van der Waals surface area contributed by atoms with Crippen LogP contribution < -0.4 is 0 Å². The van der Waals surface area contributed by atoms with Crippen LogP contribution in [0.25, 0.3) is 0 Å². The molecular weight excluding hydrogens is 475 g/mol. The first-order valence-electron chi connectivity index (χ1n) is 9.63. The monoisotopic (exact) mass is 508 g/mol. The lowest BCUT2D eigenvalue weighted by Crippen LogP contribution is -2.51. The maximum atomic E-state index is 11.5. The second kappa shape index (κ2) is 11.5. The SMILES string of the molecule is CC[Si](CC)(CC)O[C@](C)(/C=C/C1CC=CC(=O)O1)C(O)CC(O)/C=C\I. The summed E-state index contributed by atoms with van der Waals surface area (Å²) < 4.78 is 13.7. The predicted molar refractivity (Wildman–Crippen MR) is 119 cm³/mol. The minimum Gasteiger partial charge on any atom is -0.455 e. The Morgan fingerprint density at radius 2 is 2.00 bits per heavy atom. The Morgan fingerprint density at radius 3 is 2.52 bits per heavy atom. The van der Waals surface area contributed by atoms with Crippen LogP contribution in [0.2, 0.25) is 18.1 Å². The Morgan fingerprint density at radius 1 is 1.37 bits per heavy atom. The number of carbonyl (C=O) groups excluding carboxylic acids is 1. The smallest absolute Gasteiger partial charge is 0.331 e. The summed E-state index contributed by atoms with van der Waals surface area (Å²) >= 11 is 2.04. The van der Waals surface area contributed by atoms with E-state index in [1.54, 1.807) is 22.3 Å². The van der Waals surface area contributed by atoms with E-state index in [2.05, 4.69) is 20.8 Å². The molecule has 1 heterocycles. The number of esters is 1. The van der Waals surface area contributed by atoms with Crippen LogP contribution in [0.1, 0.15) is 40.5 Å². The zero-order valence-corrected chi connectivity index (χ0v) is 19.9. The molecule has 7 heteroatoms. The number of rotatable bonds is 11. The number of carbonyl (C=O) groups is 1. The first kappa shape index (κ1) is 24.6. The van der Waals surface area contributed by atoms with Gasteiger partial charge in [-0.2, -0.15) is 0 Å². The molecule has 1 aliphatic rings. The molecular formula is C20H33IO5Si. The van der Waals surface area contributed by atoms with E-state index >= 15 is 0 Å². The Bertz CT molecular complexity index is 550. The Balaban J connectivity index is 3.09. The lowest BCUT2D eigenvalue weighted by molar-refractivity contribution is -0.141. The van der Waals surface area contributed by atoms with E-state index in [0.717, 1.165) is 18.1 Å². The highest BCUT2D eigenvalue weighted by Gasteiger charge is 2.41. The van der Waals surface area contributed by atoms with Gasteiger partial charge in [0, 0.05) is 18.9 Å². The number of aliphatic hydroxyl groups is 2. The number of hydrogen-bond acceptors (Lipinski definition) is 5. The fourth-order valence-corrected chi connectivity index (χ4v) is 6.77. The highest BCUT2D eigenvalue weighted by atomic mass is 127. The summed E-state index contributed by atoms with van der Waals surface area (Å²) in [5, 5.41) is 21.0. The fourth-order valence-electron chi connectivity index (χ4n) is 3.22. The van der Waals surface area contributed by atoms with Crippen molar-refractivity contribution in [1.82, 2.24) is 0 Å². The second-order valence-electron chi connectivity index (χ2n) is 7.14. The molecule has 0 saturated heterocycles. The summed E-state index contributed by atoms with van der Waals surface area (Å²) in [7, 11) is -2.02. The van der Waals surface area contributed by atoms with Crippen molar-refractivity contribution in [1.29, 1.82) is 0 Å². The molecule has 2 N–H and O–H groups in total. The van der Waals surface area contributed by atoms with Gasteiger partial charge in [-0.1, -0.05) is 61.6 Å². The van der Waals surface area contributed by atoms with Crippen LogP contribution in [0.5, 0.6) is 0 Å². The molecule has 0 aliphatic carbocycles. The van der Waals surface area contributed by atoms with Crippen molar-refractivity contribution in [2.45, 2.75) is 82.6 Å². The lowest BCUT2D eigenvalue weighted by Gasteiger charge is -2.42. The van der Waals surface area contributed by atoms with E-state index in [9.17, 15) is 15.0 Å². The van der Waals surface area contributed by atoms with Gasteiger partial charge in [0.1, 0.15) is 6.10 Å². The summed E-state index contributed by atoms with van der Waals surface area (Å²) in [5.74, 6) is -0.360. The molecule has 0 aromatic heterocycles. The van der Waals surface area contributed by atoms with E-state index < -0.39 is 26.1 Å². The maximum Gasteiger partial charge on any atom is 0.331 e. The number of ether oxygens (including phenoxy) is 1. The Kier molecular flexibility index (Phi) is 10.5. The molecule has 0 saturated carbocycles. The van der Waals surface area contributed by atoms with E-state index in [-0.39, 0.29) is 18.5 Å². The highest BCUT2D eigenvalue weighted by molar-refractivity contribution is 14.1. The van der Waals surface area contributed by atoms with Crippen LogP contribution >= 0.6 is 22.6 Å². The van der Waals surface area contributed by atoms with Crippen molar-refractivity contribution in [3.05, 3.63) is 34.5 Å². The van der Waals surface area contributed by atoms with Crippen molar-refractivity contribution < 1.29 is 24.2 Å². The Labute approximate surface area is 177 Å². The second-order valence-corrected chi connectivity index (χ2v) is 12.6. The zero-order valence-electron chi connectivity index (χ0n) is 16.7. The summed E-state index contributed by atoms with van der Waals surface area (Å²) in [6.07, 6.45) is 7.25. The quantitative estimate of drug-likeness (QED) is 0.189. The topological polar surface area (TPSA) is 76.0 Å². The molecule has 1 rings (SSSR count). The highest BCUT2D eigenvalue weighted by Crippen LogP contribution is 2.33. The molecule has 4 atom stereocenters. The number of cyclic esters (lactones) is 1. The van der Waals surface area contributed by atoms with Crippen LogP contribution in [0.15, 0.2) is 34.5 Å². The molecule has 1 aliphatic heterocycles. The van der Waals surface area contributed by atoms with Gasteiger partial charge in [0.15, 0.2) is 8.32 Å². The van der Waals surface area contributed by atoms with Crippen molar-refractivity contribution in [2.24, 2.45) is 0 Å². The summed E-state index contributed by atoms with van der Waals surface area (Å²) in [6, 6.07) is 2.86. The van der Waals surface area contributed by atoms with Gasteiger partial charge in [-0.25, -0.2) is 4.79 Å². The van der Waals surface area contributed by atoms with Gasteiger partial charge in [-0.15, -0.1) is 0 Å². The fraction of sp³-hybridized carbons (Fsp3) is 0.650. The molecule has 0 fully saturated rings. The first-order valence-corrected chi connectivity index (χ1v) is 13.4. The predicted octanol–water partition coefficient (Wildman–Crippen LogP) is 4.26. The molecule has 27 heavy (non-hydrogen) atoms. The Hall–Kier alpha value is -0.483. The van der Waals surface area contributed by atoms with Gasteiger partial charge in [0.25, 0.3) is 0 Å². The maximum absolute atomic E-state index is 11.5. The number of halogens is 1. The normalized spacial score (nSPS) is 22.8. The van der Waals surface area contributed by atoms with Gasteiger partial charge in [0.05, 0.1) is 17.8 Å². The van der Waals surface area contributed by atoms with Gasteiger partial charge >= 0.3 is 5.97 Å². The third kappa shape index (κ3) is 7.45. The van der Waals surface area contributed by atoms with Gasteiger partial charge in [0.2, 0.25) is 0 Å². The molecule has 0 bridgehead atoms. The molecule has 5 nitrogen and oxygen atoms in total. The van der Waals surface area contributed by atoms with Crippen LogP contribution in [0.3, 0.4) is 0 Å². The van der Waals surface area contributed by atoms with Crippen molar-refractivity contribution in [2.75, 3.05) is 0 Å². The molecule has 0 amide bonds. The van der Waals surface area contributed by atoms with Gasteiger partial charge in [-0.3, -0.25) is 0 Å². The minimum absolute atomic E-state index is 0.173. The van der Waals surface area contributed by atoms with Gasteiger partial charge < -0.3 is 19.4 Å². The van der Waals surface area contributed by atoms with E-state index in [1.165, 1.54) is 6.08 Å². The largest absolute Gasteiger partial charge is 0.455 e. The average Bonchev–Trinajstić information content (AvgIpc) is 2.65. The molecule has 0 radical (unpaired) electrons. The zero-order chi connectivity index (χ0) is 20.5. The molecule has 154 valence electrons. The molecule has 3 unspecified atom stereocenters. The average molecular weight is 508 g/mol. The molecule has 0 aromatic rings. The first-order chi connectivity index (χ1) is 12.7. The third-order valence-corrected chi connectivity index (χ3v) is 10.5. The standard InChI is InChI=1S/C20H33IO5Si/c1-5-27(6-2,7-3)26-20(4,18(23)15-16(22)12-14-21)13-11-17-9-8-10-19(24)25-17/h8,10-14,16-18,22-23H,5-7,9,15H2,1-4H3/b13-11+,14-12-/t16?,17?,18?,20-/m1/s1. The number of hydrogen-bond donors (Lipinski definition) is 2. The van der Waals surface area contributed by atoms with Crippen molar-refractivity contribution in [3.8, 4) is 0 Å². The molecule has 0 aromatic carbocycles. The third-order valence-electron chi connectivity index (χ3n) is 5.32. The van der Waals surface area contributed by atoms with Crippen molar-refractivity contribution >= 4 is 36.9 Å². The van der Waals surface area contributed by atoms with E-state index in [4.69, 9.17) is 9.16 Å². The summed E-state index contributed by atoms with van der Waals surface area (Å²) in [4.78, 5) is 11.5. The number of aliphatic hydroxyl groups excluding tert-OH is 2.